The number of anilines is 1. The van der Waals surface area contributed by atoms with Crippen molar-refractivity contribution in [3.63, 3.8) is 0 Å². The number of hydrogen-bond acceptors (Lipinski definition) is 6. The number of hydrogen-bond donors (Lipinski definition) is 2. The standard InChI is InChI=1S/C23H27N5O3/c1-2-31-22(29)20-18(25-23(30)26-21(20)17-8-4-3-5-9-17)16-27-12-14-28(15-13-27)19-10-6-7-11-24-19/h3-11,21H,2,12-16H2,1H3,(H2,25,26,30)/t21-/m1/s1. The Bertz CT molecular complexity index is 940. The molecular weight excluding hydrogens is 394 g/mol. The molecule has 4 rings (SSSR count). The van der Waals surface area contributed by atoms with Gasteiger partial charge < -0.3 is 20.3 Å². The summed E-state index contributed by atoms with van der Waals surface area (Å²) in [5.74, 6) is 0.555. The Morgan fingerprint density at radius 2 is 1.84 bits per heavy atom. The van der Waals surface area contributed by atoms with Crippen LogP contribution >= 0.6 is 0 Å². The summed E-state index contributed by atoms with van der Waals surface area (Å²) in [5.41, 5.74) is 1.90. The molecule has 31 heavy (non-hydrogen) atoms. The van der Waals surface area contributed by atoms with Gasteiger partial charge in [0.15, 0.2) is 0 Å². The summed E-state index contributed by atoms with van der Waals surface area (Å²) in [6.45, 7) is 5.78. The number of aromatic nitrogens is 1. The molecule has 0 unspecified atom stereocenters. The average molecular weight is 422 g/mol. The highest BCUT2D eigenvalue weighted by Gasteiger charge is 2.34. The molecule has 1 fully saturated rings. The summed E-state index contributed by atoms with van der Waals surface area (Å²) < 4.78 is 5.34. The van der Waals surface area contributed by atoms with E-state index in [-0.39, 0.29) is 12.6 Å². The predicted molar refractivity (Wildman–Crippen MR) is 117 cm³/mol. The Kier molecular flexibility index (Phi) is 6.47. The fourth-order valence-corrected chi connectivity index (χ4v) is 3.99. The number of pyridine rings is 1. The van der Waals surface area contributed by atoms with E-state index in [9.17, 15) is 9.59 Å². The van der Waals surface area contributed by atoms with E-state index in [1.165, 1.54) is 0 Å². The van der Waals surface area contributed by atoms with E-state index in [4.69, 9.17) is 4.74 Å². The quantitative estimate of drug-likeness (QED) is 0.695. The minimum Gasteiger partial charge on any atom is -0.463 e. The summed E-state index contributed by atoms with van der Waals surface area (Å²) in [5, 5.41) is 5.73. The van der Waals surface area contributed by atoms with E-state index in [2.05, 4.69) is 25.4 Å². The zero-order valence-corrected chi connectivity index (χ0v) is 17.6. The third-order valence-corrected chi connectivity index (χ3v) is 5.51. The first-order valence-corrected chi connectivity index (χ1v) is 10.6. The molecule has 0 bridgehead atoms. The number of benzene rings is 1. The maximum absolute atomic E-state index is 12.9. The average Bonchev–Trinajstić information content (AvgIpc) is 2.80. The molecule has 3 heterocycles. The van der Waals surface area contributed by atoms with Crippen molar-refractivity contribution in [2.75, 3.05) is 44.2 Å². The molecule has 8 nitrogen and oxygen atoms in total. The van der Waals surface area contributed by atoms with Crippen LogP contribution in [0.5, 0.6) is 0 Å². The van der Waals surface area contributed by atoms with Gasteiger partial charge in [-0.2, -0.15) is 0 Å². The van der Waals surface area contributed by atoms with Crippen molar-refractivity contribution in [3.05, 3.63) is 71.6 Å². The van der Waals surface area contributed by atoms with Crippen LogP contribution in [0.25, 0.3) is 0 Å². The number of amides is 2. The lowest BCUT2D eigenvalue weighted by atomic mass is 9.95. The van der Waals surface area contributed by atoms with E-state index in [1.54, 1.807) is 13.1 Å². The molecule has 0 spiro atoms. The summed E-state index contributed by atoms with van der Waals surface area (Å²) in [7, 11) is 0. The molecule has 0 saturated carbocycles. The highest BCUT2D eigenvalue weighted by atomic mass is 16.5. The molecule has 2 amide bonds. The number of piperazine rings is 1. The van der Waals surface area contributed by atoms with E-state index in [0.717, 1.165) is 37.6 Å². The summed E-state index contributed by atoms with van der Waals surface area (Å²) in [6.07, 6.45) is 1.80. The summed E-state index contributed by atoms with van der Waals surface area (Å²) in [4.78, 5) is 34.2. The second-order valence-corrected chi connectivity index (χ2v) is 7.51. The van der Waals surface area contributed by atoms with Crippen molar-refractivity contribution in [2.24, 2.45) is 0 Å². The number of carbonyl (C=O) groups excluding carboxylic acids is 2. The van der Waals surface area contributed by atoms with Gasteiger partial charge in [0, 0.05) is 44.6 Å². The third kappa shape index (κ3) is 4.86. The van der Waals surface area contributed by atoms with E-state index in [1.807, 2.05) is 48.5 Å². The number of urea groups is 1. The van der Waals surface area contributed by atoms with Gasteiger partial charge in [0.1, 0.15) is 5.82 Å². The van der Waals surface area contributed by atoms with Crippen molar-refractivity contribution < 1.29 is 14.3 Å². The van der Waals surface area contributed by atoms with Crippen LogP contribution in [-0.2, 0) is 9.53 Å². The molecule has 2 N–H and O–H groups in total. The SMILES string of the molecule is CCOC(=O)C1=C(CN2CCN(c3ccccn3)CC2)NC(=O)N[C@@H]1c1ccccc1. The van der Waals surface area contributed by atoms with Crippen LogP contribution in [0, 0.1) is 0 Å². The van der Waals surface area contributed by atoms with Crippen LogP contribution in [0.15, 0.2) is 66.0 Å². The van der Waals surface area contributed by atoms with Crippen LogP contribution in [0.3, 0.4) is 0 Å². The van der Waals surface area contributed by atoms with E-state index < -0.39 is 12.0 Å². The van der Waals surface area contributed by atoms with Gasteiger partial charge in [-0.25, -0.2) is 14.6 Å². The molecule has 2 aliphatic rings. The second kappa shape index (κ2) is 9.61. The Balaban J connectivity index is 1.55. The molecule has 1 aromatic heterocycles. The zero-order valence-electron chi connectivity index (χ0n) is 17.6. The number of rotatable bonds is 6. The Hall–Kier alpha value is -3.39. The van der Waals surface area contributed by atoms with Crippen molar-refractivity contribution >= 4 is 17.8 Å². The van der Waals surface area contributed by atoms with Gasteiger partial charge in [0.05, 0.1) is 18.2 Å². The Labute approximate surface area is 181 Å². The molecule has 1 saturated heterocycles. The molecule has 162 valence electrons. The van der Waals surface area contributed by atoms with Crippen LogP contribution < -0.4 is 15.5 Å². The number of carbonyl (C=O) groups is 2. The van der Waals surface area contributed by atoms with Gasteiger partial charge in [-0.15, -0.1) is 0 Å². The van der Waals surface area contributed by atoms with Crippen molar-refractivity contribution in [1.82, 2.24) is 20.5 Å². The number of nitrogens with one attached hydrogen (secondary N) is 2. The van der Waals surface area contributed by atoms with Gasteiger partial charge in [0.25, 0.3) is 0 Å². The molecule has 0 aliphatic carbocycles. The lowest BCUT2D eigenvalue weighted by Gasteiger charge is -2.37. The molecular formula is C23H27N5O3. The lowest BCUT2D eigenvalue weighted by Crippen LogP contribution is -2.52. The first kappa shape index (κ1) is 20.9. The second-order valence-electron chi connectivity index (χ2n) is 7.51. The highest BCUT2D eigenvalue weighted by Crippen LogP contribution is 2.28. The van der Waals surface area contributed by atoms with Crippen molar-refractivity contribution in [3.8, 4) is 0 Å². The van der Waals surface area contributed by atoms with Gasteiger partial charge in [-0.3, -0.25) is 4.90 Å². The minimum absolute atomic E-state index is 0.272. The maximum Gasteiger partial charge on any atom is 0.338 e. The Morgan fingerprint density at radius 1 is 1.10 bits per heavy atom. The monoisotopic (exact) mass is 421 g/mol. The smallest absolute Gasteiger partial charge is 0.338 e. The van der Waals surface area contributed by atoms with Gasteiger partial charge in [0.2, 0.25) is 0 Å². The molecule has 2 aliphatic heterocycles. The fourth-order valence-electron chi connectivity index (χ4n) is 3.99. The normalized spacial score (nSPS) is 19.6. The third-order valence-electron chi connectivity index (χ3n) is 5.51. The largest absolute Gasteiger partial charge is 0.463 e. The number of ether oxygens (including phenoxy) is 1. The minimum atomic E-state index is -0.543. The van der Waals surface area contributed by atoms with Gasteiger partial charge in [-0.1, -0.05) is 36.4 Å². The van der Waals surface area contributed by atoms with Gasteiger partial charge >= 0.3 is 12.0 Å². The van der Waals surface area contributed by atoms with E-state index in [0.29, 0.717) is 17.8 Å². The molecule has 1 atom stereocenters. The van der Waals surface area contributed by atoms with Gasteiger partial charge in [-0.05, 0) is 24.6 Å². The maximum atomic E-state index is 12.9. The van der Waals surface area contributed by atoms with Crippen LogP contribution in [-0.4, -0.2) is 61.2 Å². The topological polar surface area (TPSA) is 86.8 Å². The molecule has 1 aromatic carbocycles. The molecule has 8 heteroatoms. The first-order valence-electron chi connectivity index (χ1n) is 10.6. The molecule has 2 aromatic rings. The van der Waals surface area contributed by atoms with Crippen LogP contribution in [0.2, 0.25) is 0 Å². The first-order chi connectivity index (χ1) is 15.2. The lowest BCUT2D eigenvalue weighted by molar-refractivity contribution is -0.139. The van der Waals surface area contributed by atoms with Crippen LogP contribution in [0.4, 0.5) is 10.6 Å². The number of nitrogens with zero attached hydrogens (tertiary/aromatic N) is 3. The number of esters is 1. The van der Waals surface area contributed by atoms with E-state index >= 15 is 0 Å². The summed E-state index contributed by atoms with van der Waals surface area (Å²) in [6, 6.07) is 14.5. The fraction of sp³-hybridized carbons (Fsp3) is 0.348. The van der Waals surface area contributed by atoms with Crippen LogP contribution in [0.1, 0.15) is 18.5 Å². The van der Waals surface area contributed by atoms with Crippen molar-refractivity contribution in [1.29, 1.82) is 0 Å². The highest BCUT2D eigenvalue weighted by molar-refractivity contribution is 5.95. The Morgan fingerprint density at radius 3 is 2.52 bits per heavy atom. The zero-order chi connectivity index (χ0) is 21.6. The summed E-state index contributed by atoms with van der Waals surface area (Å²) >= 11 is 0. The predicted octanol–water partition coefficient (Wildman–Crippen LogP) is 2.07. The van der Waals surface area contributed by atoms with Crippen molar-refractivity contribution in [2.45, 2.75) is 13.0 Å². The molecule has 0 radical (unpaired) electrons.